The van der Waals surface area contributed by atoms with E-state index in [1.807, 2.05) is 72.8 Å². The van der Waals surface area contributed by atoms with Crippen molar-refractivity contribution < 1.29 is 0 Å². The van der Waals surface area contributed by atoms with Gasteiger partial charge in [0.2, 0.25) is 0 Å². The largest absolute Gasteiger partial charge is 0.292 e. The van der Waals surface area contributed by atoms with Gasteiger partial charge in [0.05, 0.1) is 11.0 Å². The van der Waals surface area contributed by atoms with Crippen LogP contribution in [0.4, 0.5) is 0 Å². The van der Waals surface area contributed by atoms with Gasteiger partial charge < -0.3 is 0 Å². The molecule has 202 valence electrons. The number of hydrogen-bond donors (Lipinski definition) is 0. The number of fused-ring (bicyclic) bond motifs is 1. The first-order chi connectivity index (χ1) is 20.6. The van der Waals surface area contributed by atoms with Crippen LogP contribution in [0.3, 0.4) is 0 Å². The number of hydrogen-bond acceptors (Lipinski definition) is 4. The van der Waals surface area contributed by atoms with E-state index in [-0.39, 0.29) is 0 Å². The highest BCUT2D eigenvalue weighted by molar-refractivity contribution is 5.84. The molecule has 0 saturated heterocycles. The highest BCUT2D eigenvalue weighted by Gasteiger charge is 2.17. The van der Waals surface area contributed by atoms with Gasteiger partial charge >= 0.3 is 0 Å². The van der Waals surface area contributed by atoms with Gasteiger partial charge in [0.25, 0.3) is 0 Å². The fourth-order valence-corrected chi connectivity index (χ4v) is 5.24. The van der Waals surface area contributed by atoms with Gasteiger partial charge in [0.15, 0.2) is 17.5 Å². The van der Waals surface area contributed by atoms with Crippen molar-refractivity contribution in [1.29, 1.82) is 0 Å². The molecule has 0 N–H and O–H groups in total. The van der Waals surface area contributed by atoms with Crippen molar-refractivity contribution in [1.82, 2.24) is 24.5 Å². The van der Waals surface area contributed by atoms with Crippen LogP contribution in [0.25, 0.3) is 62.3 Å². The summed E-state index contributed by atoms with van der Waals surface area (Å²) < 4.78 is 2.25. The first-order valence-corrected chi connectivity index (χ1v) is 14.2. The molecule has 7 aromatic rings. The maximum absolute atomic E-state index is 5.11. The summed E-state index contributed by atoms with van der Waals surface area (Å²) in [6.45, 7) is 4.44. The molecule has 0 spiro atoms. The molecule has 0 aliphatic heterocycles. The molecule has 0 unspecified atom stereocenters. The Kier molecular flexibility index (Phi) is 6.61. The summed E-state index contributed by atoms with van der Waals surface area (Å²) in [6.07, 6.45) is 0. The fraction of sp³-hybridized carbons (Fsp3) is 0.0811. The minimum atomic E-state index is 0.424. The lowest BCUT2D eigenvalue weighted by Gasteiger charge is -2.13. The number of nitrogens with zero attached hydrogens (tertiary/aromatic N) is 5. The van der Waals surface area contributed by atoms with E-state index in [1.165, 1.54) is 5.56 Å². The van der Waals surface area contributed by atoms with E-state index in [4.69, 9.17) is 19.9 Å². The maximum atomic E-state index is 5.11. The molecule has 0 amide bonds. The van der Waals surface area contributed by atoms with Crippen LogP contribution in [0.15, 0.2) is 133 Å². The summed E-state index contributed by atoms with van der Waals surface area (Å²) in [6, 6.07) is 45.4. The van der Waals surface area contributed by atoms with E-state index in [2.05, 4.69) is 79.1 Å². The van der Waals surface area contributed by atoms with Crippen molar-refractivity contribution in [3.8, 4) is 51.2 Å². The van der Waals surface area contributed by atoms with Gasteiger partial charge in [-0.3, -0.25) is 4.57 Å². The highest BCUT2D eigenvalue weighted by atomic mass is 15.1. The lowest BCUT2D eigenvalue weighted by molar-refractivity contribution is 0.863. The number of rotatable bonds is 6. The molecule has 0 aliphatic rings. The second-order valence-corrected chi connectivity index (χ2v) is 10.6. The molecule has 5 nitrogen and oxygen atoms in total. The lowest BCUT2D eigenvalue weighted by atomic mass is 10.0. The second kappa shape index (κ2) is 10.9. The van der Waals surface area contributed by atoms with Crippen molar-refractivity contribution in [3.63, 3.8) is 0 Å². The molecule has 0 radical (unpaired) electrons. The summed E-state index contributed by atoms with van der Waals surface area (Å²) in [4.78, 5) is 19.8. The third kappa shape index (κ3) is 4.86. The zero-order valence-corrected chi connectivity index (χ0v) is 23.5. The Morgan fingerprint density at radius 2 is 1.02 bits per heavy atom. The van der Waals surface area contributed by atoms with E-state index < -0.39 is 0 Å². The molecule has 5 heteroatoms. The average Bonchev–Trinajstić information content (AvgIpc) is 3.45. The first kappa shape index (κ1) is 25.5. The normalized spacial score (nSPS) is 11.3. The molecule has 2 heterocycles. The van der Waals surface area contributed by atoms with Crippen LogP contribution in [0.5, 0.6) is 0 Å². The van der Waals surface area contributed by atoms with Crippen LogP contribution in [-0.4, -0.2) is 24.5 Å². The first-order valence-electron chi connectivity index (χ1n) is 14.2. The molecule has 42 heavy (non-hydrogen) atoms. The minimum Gasteiger partial charge on any atom is -0.292 e. The molecule has 0 saturated carbocycles. The van der Waals surface area contributed by atoms with Gasteiger partial charge in [-0.05, 0) is 41.8 Å². The predicted octanol–water partition coefficient (Wildman–Crippen LogP) is 9.00. The molecule has 7 rings (SSSR count). The van der Waals surface area contributed by atoms with Gasteiger partial charge in [0.1, 0.15) is 5.82 Å². The van der Waals surface area contributed by atoms with Crippen molar-refractivity contribution in [2.24, 2.45) is 0 Å². The summed E-state index contributed by atoms with van der Waals surface area (Å²) in [5.74, 6) is 3.20. The highest BCUT2D eigenvalue weighted by Crippen LogP contribution is 2.32. The van der Waals surface area contributed by atoms with Gasteiger partial charge in [-0.25, -0.2) is 19.9 Å². The van der Waals surface area contributed by atoms with Crippen LogP contribution in [0.2, 0.25) is 0 Å². The number of benzene rings is 5. The Balaban J connectivity index is 1.40. The van der Waals surface area contributed by atoms with Crippen LogP contribution in [0.1, 0.15) is 25.3 Å². The van der Waals surface area contributed by atoms with Crippen molar-refractivity contribution >= 4 is 11.0 Å². The molecule has 0 fully saturated rings. The van der Waals surface area contributed by atoms with Crippen LogP contribution < -0.4 is 0 Å². The average molecular weight is 544 g/mol. The second-order valence-electron chi connectivity index (χ2n) is 10.6. The van der Waals surface area contributed by atoms with Crippen LogP contribution in [0, 0.1) is 0 Å². The number of para-hydroxylation sites is 2. The Bertz CT molecular complexity index is 1950. The van der Waals surface area contributed by atoms with Crippen LogP contribution >= 0.6 is 0 Å². The third-order valence-electron chi connectivity index (χ3n) is 7.43. The van der Waals surface area contributed by atoms with Crippen molar-refractivity contribution in [3.05, 3.63) is 139 Å². The molecule has 2 aromatic heterocycles. The summed E-state index contributed by atoms with van der Waals surface area (Å²) >= 11 is 0. The molecular weight excluding hydrogens is 514 g/mol. The van der Waals surface area contributed by atoms with Gasteiger partial charge in [-0.1, -0.05) is 117 Å². The maximum Gasteiger partial charge on any atom is 0.164 e. The zero-order chi connectivity index (χ0) is 28.5. The monoisotopic (exact) mass is 543 g/mol. The van der Waals surface area contributed by atoms with Crippen molar-refractivity contribution in [2.45, 2.75) is 19.8 Å². The third-order valence-corrected chi connectivity index (χ3v) is 7.43. The smallest absolute Gasteiger partial charge is 0.164 e. The number of imidazole rings is 1. The SMILES string of the molecule is CC(C)c1cccc(-n2c(-c3cccc(-c4nc(-c5ccccc5)nc(-c5ccccc5)n4)c3)nc3ccccc32)c1. The van der Waals surface area contributed by atoms with Gasteiger partial charge in [-0.2, -0.15) is 0 Å². The zero-order valence-electron chi connectivity index (χ0n) is 23.5. The molecule has 0 atom stereocenters. The van der Waals surface area contributed by atoms with Gasteiger partial charge in [-0.15, -0.1) is 0 Å². The Hall–Kier alpha value is -5.42. The van der Waals surface area contributed by atoms with Gasteiger partial charge in [0, 0.05) is 27.9 Å². The molecule has 5 aromatic carbocycles. The summed E-state index contributed by atoms with van der Waals surface area (Å²) in [5, 5.41) is 0. The molecule has 0 aliphatic carbocycles. The van der Waals surface area contributed by atoms with E-state index in [1.54, 1.807) is 0 Å². The number of aromatic nitrogens is 5. The summed E-state index contributed by atoms with van der Waals surface area (Å²) in [7, 11) is 0. The van der Waals surface area contributed by atoms with Crippen LogP contribution in [-0.2, 0) is 0 Å². The Morgan fingerprint density at radius 1 is 0.476 bits per heavy atom. The van der Waals surface area contributed by atoms with Crippen molar-refractivity contribution in [2.75, 3.05) is 0 Å². The van der Waals surface area contributed by atoms with E-state index in [0.29, 0.717) is 23.4 Å². The lowest BCUT2D eigenvalue weighted by Crippen LogP contribution is -2.01. The summed E-state index contributed by atoms with van der Waals surface area (Å²) in [5.41, 5.74) is 8.18. The predicted molar refractivity (Wildman–Crippen MR) is 170 cm³/mol. The topological polar surface area (TPSA) is 56.5 Å². The standard InChI is InChI=1S/C37H29N5/c1-25(2)28-17-12-20-31(24-28)42-33-22-10-9-21-32(33)38-37(42)30-19-11-18-29(23-30)36-40-34(26-13-5-3-6-14-26)39-35(41-36)27-15-7-4-8-16-27/h3-25H,1-2H3. The molecule has 0 bridgehead atoms. The fourth-order valence-electron chi connectivity index (χ4n) is 5.24. The Labute approximate surface area is 245 Å². The van der Waals surface area contributed by atoms with E-state index in [0.717, 1.165) is 44.8 Å². The van der Waals surface area contributed by atoms with E-state index in [9.17, 15) is 0 Å². The van der Waals surface area contributed by atoms with E-state index >= 15 is 0 Å². The minimum absolute atomic E-state index is 0.424. The Morgan fingerprint density at radius 3 is 1.69 bits per heavy atom. The quantitative estimate of drug-likeness (QED) is 0.210. The molecular formula is C37H29N5.